The van der Waals surface area contributed by atoms with Crippen LogP contribution < -0.4 is 5.32 Å². The molecule has 1 atom stereocenters. The first kappa shape index (κ1) is 16.7. The molecule has 3 nitrogen and oxygen atoms in total. The van der Waals surface area contributed by atoms with Gasteiger partial charge in [-0.1, -0.05) is 20.8 Å². The number of carbonyl (C=O) groups is 1. The number of hydrogen-bond donors (Lipinski definition) is 1. The topological polar surface area (TPSA) is 32.3 Å². The minimum atomic E-state index is 0. The average Bonchev–Trinajstić information content (AvgIpc) is 2.28. The van der Waals surface area contributed by atoms with E-state index in [-0.39, 0.29) is 18.3 Å². The smallest absolute Gasteiger partial charge is 0.225 e. The number of nitrogens with zero attached hydrogens (tertiary/aromatic N) is 1. The van der Waals surface area contributed by atoms with Gasteiger partial charge in [0.15, 0.2) is 0 Å². The number of likely N-dealkylation sites (tertiary alicyclic amines) is 1. The van der Waals surface area contributed by atoms with Crippen LogP contribution in [0.15, 0.2) is 0 Å². The van der Waals surface area contributed by atoms with Crippen LogP contribution in [0.3, 0.4) is 0 Å². The van der Waals surface area contributed by atoms with Crippen molar-refractivity contribution in [3.05, 3.63) is 0 Å². The van der Waals surface area contributed by atoms with Crippen LogP contribution in [-0.4, -0.2) is 37.5 Å². The lowest BCUT2D eigenvalue weighted by Crippen LogP contribution is -2.43. The number of piperidine rings is 1. The molecule has 0 aliphatic carbocycles. The van der Waals surface area contributed by atoms with Gasteiger partial charge in [-0.3, -0.25) is 4.79 Å². The molecule has 0 radical (unpaired) electrons. The molecule has 0 spiro atoms. The molecule has 0 aromatic heterocycles. The normalized spacial score (nSPS) is 19.0. The van der Waals surface area contributed by atoms with E-state index in [0.717, 1.165) is 38.4 Å². The van der Waals surface area contributed by atoms with Gasteiger partial charge < -0.3 is 10.2 Å². The van der Waals surface area contributed by atoms with E-state index >= 15 is 0 Å². The molecule has 0 bridgehead atoms. The van der Waals surface area contributed by atoms with Crippen molar-refractivity contribution in [3.8, 4) is 0 Å². The summed E-state index contributed by atoms with van der Waals surface area (Å²) in [5, 5.41) is 3.22. The van der Waals surface area contributed by atoms with Gasteiger partial charge in [0.05, 0.1) is 0 Å². The molecule has 0 aromatic rings. The summed E-state index contributed by atoms with van der Waals surface area (Å²) in [7, 11) is 2.00. The highest BCUT2D eigenvalue weighted by Crippen LogP contribution is 2.20. The van der Waals surface area contributed by atoms with Crippen molar-refractivity contribution in [2.45, 2.75) is 33.6 Å². The third kappa shape index (κ3) is 4.84. The van der Waals surface area contributed by atoms with Crippen LogP contribution in [0.5, 0.6) is 0 Å². The molecule has 0 saturated carbocycles. The fraction of sp³-hybridized carbons (Fsp3) is 0.923. The first-order valence-electron chi connectivity index (χ1n) is 6.49. The molecule has 1 aliphatic rings. The van der Waals surface area contributed by atoms with Crippen molar-refractivity contribution in [2.75, 3.05) is 26.7 Å². The van der Waals surface area contributed by atoms with Crippen molar-refractivity contribution >= 4 is 18.3 Å². The zero-order valence-electron chi connectivity index (χ0n) is 11.5. The van der Waals surface area contributed by atoms with Crippen molar-refractivity contribution in [2.24, 2.45) is 17.8 Å². The summed E-state index contributed by atoms with van der Waals surface area (Å²) in [6, 6.07) is 0. The van der Waals surface area contributed by atoms with E-state index in [0.29, 0.717) is 11.8 Å². The fourth-order valence-corrected chi connectivity index (χ4v) is 2.22. The molecule has 1 heterocycles. The summed E-state index contributed by atoms with van der Waals surface area (Å²) < 4.78 is 0. The zero-order chi connectivity index (χ0) is 12.1. The standard InChI is InChI=1S/C13H26N2O.ClH/c1-10(2)11(3)13(16)15-7-5-12(6-8-15)9-14-4;/h10-12,14H,5-9H2,1-4H3;1H. The van der Waals surface area contributed by atoms with Crippen molar-refractivity contribution in [1.82, 2.24) is 10.2 Å². The first-order valence-corrected chi connectivity index (χ1v) is 6.49. The summed E-state index contributed by atoms with van der Waals surface area (Å²) >= 11 is 0. The third-order valence-electron chi connectivity index (χ3n) is 3.81. The summed E-state index contributed by atoms with van der Waals surface area (Å²) in [5.74, 6) is 1.71. The van der Waals surface area contributed by atoms with Crippen LogP contribution in [0.1, 0.15) is 33.6 Å². The molecule has 1 saturated heterocycles. The number of nitrogens with one attached hydrogen (secondary N) is 1. The second kappa shape index (κ2) is 7.93. The van der Waals surface area contributed by atoms with Gasteiger partial charge in [0.1, 0.15) is 0 Å². The van der Waals surface area contributed by atoms with Crippen LogP contribution >= 0.6 is 12.4 Å². The molecule has 1 rings (SSSR count). The number of carbonyl (C=O) groups excluding carboxylic acids is 1. The van der Waals surface area contributed by atoms with E-state index in [4.69, 9.17) is 0 Å². The van der Waals surface area contributed by atoms with Crippen LogP contribution in [0, 0.1) is 17.8 Å². The number of hydrogen-bond acceptors (Lipinski definition) is 2. The maximum absolute atomic E-state index is 12.1. The van der Waals surface area contributed by atoms with Crippen LogP contribution in [0.25, 0.3) is 0 Å². The van der Waals surface area contributed by atoms with Gasteiger partial charge in [0, 0.05) is 19.0 Å². The Labute approximate surface area is 112 Å². The molecule has 4 heteroatoms. The monoisotopic (exact) mass is 262 g/mol. The van der Waals surface area contributed by atoms with Crippen LogP contribution in [0.2, 0.25) is 0 Å². The lowest BCUT2D eigenvalue weighted by molar-refractivity contribution is -0.137. The highest BCUT2D eigenvalue weighted by molar-refractivity contribution is 5.85. The number of rotatable bonds is 4. The second-order valence-corrected chi connectivity index (χ2v) is 5.36. The van der Waals surface area contributed by atoms with Gasteiger partial charge in [-0.15, -0.1) is 12.4 Å². The Bertz CT molecular complexity index is 225. The fourth-order valence-electron chi connectivity index (χ4n) is 2.22. The molecule has 17 heavy (non-hydrogen) atoms. The zero-order valence-corrected chi connectivity index (χ0v) is 12.3. The predicted octanol–water partition coefficient (Wildman–Crippen LogP) is 2.16. The maximum atomic E-state index is 12.1. The average molecular weight is 263 g/mol. The second-order valence-electron chi connectivity index (χ2n) is 5.36. The molecular weight excluding hydrogens is 236 g/mol. The lowest BCUT2D eigenvalue weighted by atomic mass is 9.93. The Balaban J connectivity index is 0.00000256. The van der Waals surface area contributed by atoms with Gasteiger partial charge in [-0.25, -0.2) is 0 Å². The van der Waals surface area contributed by atoms with E-state index in [1.807, 2.05) is 14.0 Å². The minimum absolute atomic E-state index is 0. The van der Waals surface area contributed by atoms with Gasteiger partial charge in [0.2, 0.25) is 5.91 Å². The maximum Gasteiger partial charge on any atom is 0.225 e. The summed E-state index contributed by atoms with van der Waals surface area (Å²) in [6.45, 7) is 9.27. The summed E-state index contributed by atoms with van der Waals surface area (Å²) in [4.78, 5) is 14.2. The first-order chi connectivity index (χ1) is 7.56. The molecule has 102 valence electrons. The van der Waals surface area contributed by atoms with Crippen molar-refractivity contribution in [3.63, 3.8) is 0 Å². The molecule has 1 amide bonds. The van der Waals surface area contributed by atoms with E-state index in [1.54, 1.807) is 0 Å². The van der Waals surface area contributed by atoms with Gasteiger partial charge in [0.25, 0.3) is 0 Å². The third-order valence-corrected chi connectivity index (χ3v) is 3.81. The predicted molar refractivity (Wildman–Crippen MR) is 74.5 cm³/mol. The molecule has 1 N–H and O–H groups in total. The largest absolute Gasteiger partial charge is 0.342 e. The van der Waals surface area contributed by atoms with Gasteiger partial charge in [-0.05, 0) is 38.3 Å². The molecule has 1 aliphatic heterocycles. The molecule has 0 aromatic carbocycles. The highest BCUT2D eigenvalue weighted by Gasteiger charge is 2.26. The molecule has 1 unspecified atom stereocenters. The minimum Gasteiger partial charge on any atom is -0.342 e. The Morgan fingerprint density at radius 1 is 1.29 bits per heavy atom. The molecule has 1 fully saturated rings. The quantitative estimate of drug-likeness (QED) is 0.842. The highest BCUT2D eigenvalue weighted by atomic mass is 35.5. The number of amides is 1. The van der Waals surface area contributed by atoms with Crippen LogP contribution in [-0.2, 0) is 4.79 Å². The lowest BCUT2D eigenvalue weighted by Gasteiger charge is -2.34. The SMILES string of the molecule is CNCC1CCN(C(=O)C(C)C(C)C)CC1.Cl. The summed E-state index contributed by atoms with van der Waals surface area (Å²) in [6.07, 6.45) is 2.30. The molecular formula is C13H27ClN2O. The van der Waals surface area contributed by atoms with Gasteiger partial charge in [-0.2, -0.15) is 0 Å². The van der Waals surface area contributed by atoms with Crippen molar-refractivity contribution in [1.29, 1.82) is 0 Å². The summed E-state index contributed by atoms with van der Waals surface area (Å²) in [5.41, 5.74) is 0. The Morgan fingerprint density at radius 2 is 1.82 bits per heavy atom. The van der Waals surface area contributed by atoms with E-state index in [9.17, 15) is 4.79 Å². The Kier molecular flexibility index (Phi) is 7.80. The number of halogens is 1. The Morgan fingerprint density at radius 3 is 2.24 bits per heavy atom. The van der Waals surface area contributed by atoms with E-state index in [1.165, 1.54) is 0 Å². The van der Waals surface area contributed by atoms with Crippen LogP contribution in [0.4, 0.5) is 0 Å². The van der Waals surface area contributed by atoms with E-state index in [2.05, 4.69) is 24.1 Å². The van der Waals surface area contributed by atoms with Gasteiger partial charge >= 0.3 is 0 Å². The van der Waals surface area contributed by atoms with Crippen molar-refractivity contribution < 1.29 is 4.79 Å². The van der Waals surface area contributed by atoms with E-state index < -0.39 is 0 Å². The Hall–Kier alpha value is -0.280.